The van der Waals surface area contributed by atoms with E-state index in [0.717, 1.165) is 31.2 Å². The Morgan fingerprint density at radius 3 is 2.20 bits per heavy atom. The molecule has 1 aliphatic carbocycles. The van der Waals surface area contributed by atoms with Gasteiger partial charge in [0.25, 0.3) is 0 Å². The fourth-order valence-corrected chi connectivity index (χ4v) is 2.49. The van der Waals surface area contributed by atoms with Crippen LogP contribution in [0.1, 0.15) is 41.6 Å². The van der Waals surface area contributed by atoms with Gasteiger partial charge in [0.15, 0.2) is 0 Å². The SMILES string of the molecule is COC(=O)C1CCC(OC(=O)c2ccc(C)cc2)CC1. The number of methoxy groups -OCH3 is 1. The van der Waals surface area contributed by atoms with Crippen LogP contribution in [-0.2, 0) is 14.3 Å². The van der Waals surface area contributed by atoms with Gasteiger partial charge < -0.3 is 9.47 Å². The van der Waals surface area contributed by atoms with Crippen molar-refractivity contribution < 1.29 is 19.1 Å². The summed E-state index contributed by atoms with van der Waals surface area (Å²) in [7, 11) is 1.41. The zero-order valence-electron chi connectivity index (χ0n) is 11.9. The average molecular weight is 276 g/mol. The smallest absolute Gasteiger partial charge is 0.338 e. The van der Waals surface area contributed by atoms with Crippen LogP contribution in [0.4, 0.5) is 0 Å². The van der Waals surface area contributed by atoms with Gasteiger partial charge in [-0.05, 0) is 44.7 Å². The second-order valence-electron chi connectivity index (χ2n) is 5.27. The molecule has 0 atom stereocenters. The molecule has 20 heavy (non-hydrogen) atoms. The number of benzene rings is 1. The molecule has 4 nitrogen and oxygen atoms in total. The second kappa shape index (κ2) is 6.55. The van der Waals surface area contributed by atoms with E-state index in [1.165, 1.54) is 7.11 Å². The standard InChI is InChI=1S/C16H20O4/c1-11-3-5-13(6-4-11)16(18)20-14-9-7-12(8-10-14)15(17)19-2/h3-6,12,14H,7-10H2,1-2H3. The maximum Gasteiger partial charge on any atom is 0.338 e. The normalized spacial score (nSPS) is 22.1. The van der Waals surface area contributed by atoms with Gasteiger partial charge in [-0.3, -0.25) is 4.79 Å². The summed E-state index contributed by atoms with van der Waals surface area (Å²) in [4.78, 5) is 23.4. The molecule has 1 fully saturated rings. The first-order chi connectivity index (χ1) is 9.60. The van der Waals surface area contributed by atoms with Gasteiger partial charge in [-0.2, -0.15) is 0 Å². The summed E-state index contributed by atoms with van der Waals surface area (Å²) >= 11 is 0. The van der Waals surface area contributed by atoms with E-state index < -0.39 is 0 Å². The quantitative estimate of drug-likeness (QED) is 0.797. The van der Waals surface area contributed by atoms with Gasteiger partial charge in [0.05, 0.1) is 18.6 Å². The van der Waals surface area contributed by atoms with E-state index in [0.29, 0.717) is 5.56 Å². The Labute approximate surface area is 119 Å². The van der Waals surface area contributed by atoms with E-state index in [9.17, 15) is 9.59 Å². The van der Waals surface area contributed by atoms with Gasteiger partial charge >= 0.3 is 11.9 Å². The lowest BCUT2D eigenvalue weighted by molar-refractivity contribution is -0.147. The van der Waals surface area contributed by atoms with Gasteiger partial charge in [-0.1, -0.05) is 17.7 Å². The van der Waals surface area contributed by atoms with Gasteiger partial charge in [0.2, 0.25) is 0 Å². The lowest BCUT2D eigenvalue weighted by Crippen LogP contribution is -2.28. The first-order valence-corrected chi connectivity index (χ1v) is 6.95. The molecule has 0 saturated heterocycles. The van der Waals surface area contributed by atoms with Crippen LogP contribution in [-0.4, -0.2) is 25.2 Å². The molecule has 0 bridgehead atoms. The molecule has 1 aromatic carbocycles. The monoisotopic (exact) mass is 276 g/mol. The Bertz CT molecular complexity index is 470. The summed E-state index contributed by atoms with van der Waals surface area (Å²) < 4.78 is 10.2. The molecular formula is C16H20O4. The minimum atomic E-state index is -0.286. The number of hydrogen-bond acceptors (Lipinski definition) is 4. The Morgan fingerprint density at radius 2 is 1.65 bits per heavy atom. The van der Waals surface area contributed by atoms with Crippen molar-refractivity contribution in [1.82, 2.24) is 0 Å². The number of ether oxygens (including phenoxy) is 2. The van der Waals surface area contributed by atoms with Crippen LogP contribution in [0.3, 0.4) is 0 Å². The molecule has 1 aliphatic rings. The highest BCUT2D eigenvalue weighted by molar-refractivity contribution is 5.89. The molecule has 0 amide bonds. The van der Waals surface area contributed by atoms with E-state index in [1.807, 2.05) is 19.1 Å². The lowest BCUT2D eigenvalue weighted by atomic mass is 9.87. The number of rotatable bonds is 3. The molecule has 1 saturated carbocycles. The second-order valence-corrected chi connectivity index (χ2v) is 5.27. The van der Waals surface area contributed by atoms with E-state index in [1.54, 1.807) is 12.1 Å². The molecule has 4 heteroatoms. The van der Waals surface area contributed by atoms with Crippen LogP contribution >= 0.6 is 0 Å². The van der Waals surface area contributed by atoms with Gasteiger partial charge in [-0.15, -0.1) is 0 Å². The van der Waals surface area contributed by atoms with Crippen LogP contribution in [0.25, 0.3) is 0 Å². The first kappa shape index (κ1) is 14.6. The minimum Gasteiger partial charge on any atom is -0.469 e. The highest BCUT2D eigenvalue weighted by Crippen LogP contribution is 2.27. The lowest BCUT2D eigenvalue weighted by Gasteiger charge is -2.26. The predicted molar refractivity (Wildman–Crippen MR) is 74.4 cm³/mol. The molecule has 0 aliphatic heterocycles. The largest absolute Gasteiger partial charge is 0.469 e. The molecule has 0 aromatic heterocycles. The van der Waals surface area contributed by atoms with Crippen LogP contribution in [0.5, 0.6) is 0 Å². The fraction of sp³-hybridized carbons (Fsp3) is 0.500. The zero-order valence-corrected chi connectivity index (χ0v) is 11.9. The first-order valence-electron chi connectivity index (χ1n) is 6.95. The zero-order chi connectivity index (χ0) is 14.5. The van der Waals surface area contributed by atoms with E-state index in [2.05, 4.69) is 0 Å². The number of aryl methyl sites for hydroxylation is 1. The van der Waals surface area contributed by atoms with Crippen LogP contribution in [0, 0.1) is 12.8 Å². The summed E-state index contributed by atoms with van der Waals surface area (Å²) in [5.41, 5.74) is 1.69. The fourth-order valence-electron chi connectivity index (χ4n) is 2.49. The van der Waals surface area contributed by atoms with Crippen molar-refractivity contribution in [3.8, 4) is 0 Å². The number of carbonyl (C=O) groups is 2. The van der Waals surface area contributed by atoms with Crippen LogP contribution in [0.2, 0.25) is 0 Å². The van der Waals surface area contributed by atoms with Gasteiger partial charge in [0, 0.05) is 0 Å². The maximum absolute atomic E-state index is 12.0. The van der Waals surface area contributed by atoms with Crippen molar-refractivity contribution in [3.63, 3.8) is 0 Å². The maximum atomic E-state index is 12.0. The van der Waals surface area contributed by atoms with Crippen molar-refractivity contribution in [2.24, 2.45) is 5.92 Å². The minimum absolute atomic E-state index is 0.0469. The van der Waals surface area contributed by atoms with Crippen molar-refractivity contribution in [2.75, 3.05) is 7.11 Å². The third kappa shape index (κ3) is 3.59. The summed E-state index contributed by atoms with van der Waals surface area (Å²) in [6.45, 7) is 1.98. The summed E-state index contributed by atoms with van der Waals surface area (Å²) in [6, 6.07) is 7.34. The van der Waals surface area contributed by atoms with Gasteiger partial charge in [-0.25, -0.2) is 4.79 Å². The molecule has 0 heterocycles. The van der Waals surface area contributed by atoms with Crippen molar-refractivity contribution in [3.05, 3.63) is 35.4 Å². The molecular weight excluding hydrogens is 256 g/mol. The third-order valence-electron chi connectivity index (χ3n) is 3.77. The summed E-state index contributed by atoms with van der Waals surface area (Å²) in [5, 5.41) is 0. The van der Waals surface area contributed by atoms with E-state index in [4.69, 9.17) is 9.47 Å². The number of esters is 2. The highest BCUT2D eigenvalue weighted by Gasteiger charge is 2.28. The van der Waals surface area contributed by atoms with E-state index >= 15 is 0 Å². The van der Waals surface area contributed by atoms with Crippen LogP contribution in [0.15, 0.2) is 24.3 Å². The molecule has 2 rings (SSSR count). The Hall–Kier alpha value is -1.84. The highest BCUT2D eigenvalue weighted by atomic mass is 16.5. The predicted octanol–water partition coefficient (Wildman–Crippen LogP) is 2.88. The topological polar surface area (TPSA) is 52.6 Å². The Morgan fingerprint density at radius 1 is 1.05 bits per heavy atom. The van der Waals surface area contributed by atoms with E-state index in [-0.39, 0.29) is 24.0 Å². The Balaban J connectivity index is 1.85. The summed E-state index contributed by atoms with van der Waals surface area (Å²) in [6.07, 6.45) is 2.79. The third-order valence-corrected chi connectivity index (χ3v) is 3.77. The molecule has 1 aromatic rings. The number of carbonyl (C=O) groups excluding carboxylic acids is 2. The molecule has 0 radical (unpaired) electrons. The van der Waals surface area contributed by atoms with Crippen molar-refractivity contribution in [1.29, 1.82) is 0 Å². The summed E-state index contributed by atoms with van der Waals surface area (Å²) in [5.74, 6) is -0.492. The average Bonchev–Trinajstić information content (AvgIpc) is 2.48. The van der Waals surface area contributed by atoms with Crippen LogP contribution < -0.4 is 0 Å². The molecule has 0 N–H and O–H groups in total. The molecule has 108 valence electrons. The molecule has 0 unspecified atom stereocenters. The van der Waals surface area contributed by atoms with Gasteiger partial charge in [0.1, 0.15) is 6.10 Å². The van der Waals surface area contributed by atoms with Crippen molar-refractivity contribution >= 4 is 11.9 Å². The molecule has 0 spiro atoms. The number of hydrogen-bond donors (Lipinski definition) is 0. The van der Waals surface area contributed by atoms with Crippen molar-refractivity contribution in [2.45, 2.75) is 38.7 Å². The Kier molecular flexibility index (Phi) is 4.77.